The molecule has 0 unspecified atom stereocenters. The van der Waals surface area contributed by atoms with Crippen LogP contribution in [0.2, 0.25) is 0 Å². The Morgan fingerprint density at radius 3 is 1.90 bits per heavy atom. The van der Waals surface area contributed by atoms with Gasteiger partial charge in [-0.2, -0.15) is 0 Å². The van der Waals surface area contributed by atoms with E-state index in [2.05, 4.69) is 0 Å². The van der Waals surface area contributed by atoms with Crippen LogP contribution in [-0.4, -0.2) is 0 Å². The van der Waals surface area contributed by atoms with Gasteiger partial charge in [0, 0.05) is 27.8 Å². The number of nitrogens with zero attached hydrogens (tertiary/aromatic N) is 1. The highest BCUT2D eigenvalue weighted by Gasteiger charge is 2.16. The zero-order valence-electron chi connectivity index (χ0n) is 38.6. The summed E-state index contributed by atoms with van der Waals surface area (Å²) in [6.07, 6.45) is 0. The molecule has 2 heteroatoms. The van der Waals surface area contributed by atoms with Crippen molar-refractivity contribution in [1.29, 1.82) is 0 Å². The van der Waals surface area contributed by atoms with Crippen molar-refractivity contribution < 1.29 is 19.5 Å². The maximum absolute atomic E-state index is 9.11. The molecule has 0 atom stereocenters. The van der Waals surface area contributed by atoms with Crippen LogP contribution in [0.25, 0.3) is 76.9 Å². The molecule has 0 radical (unpaired) electrons. The van der Waals surface area contributed by atoms with Crippen molar-refractivity contribution in [3.8, 4) is 33.4 Å². The van der Waals surface area contributed by atoms with Crippen molar-refractivity contribution in [3.05, 3.63) is 200 Å². The molecule has 0 spiro atoms. The van der Waals surface area contributed by atoms with E-state index in [1.165, 1.54) is 6.07 Å². The van der Waals surface area contributed by atoms with Gasteiger partial charge in [-0.1, -0.05) is 145 Å². The first-order valence-corrected chi connectivity index (χ1v) is 16.8. The first kappa shape index (κ1) is 20.7. The van der Waals surface area contributed by atoms with Crippen LogP contribution in [0.5, 0.6) is 0 Å². The summed E-state index contributed by atoms with van der Waals surface area (Å²) in [6, 6.07) is 38.9. The molecule has 2 nitrogen and oxygen atoms in total. The maximum atomic E-state index is 9.11. The molecule has 244 valence electrons. The van der Waals surface area contributed by atoms with Gasteiger partial charge in [0.25, 0.3) is 0 Å². The molecule has 0 bridgehead atoms. The van der Waals surface area contributed by atoms with Gasteiger partial charge in [0.2, 0.25) is 0 Å². The Morgan fingerprint density at radius 2 is 1.10 bits per heavy atom. The summed E-state index contributed by atoms with van der Waals surface area (Å²) in [6.45, 7) is 0. The van der Waals surface area contributed by atoms with Gasteiger partial charge in [-0.15, -0.1) is 0 Å². The average molecular weight is 675 g/mol. The Labute approximate surface area is 317 Å². The average Bonchev–Trinajstić information content (AvgIpc) is 3.69. The standard InChI is InChI=1S/C50H33NO/c1-3-11-37(12-4-1)47-33-43(32-39-13-7-8-16-44(39)47)51(41-14-5-2-6-15-41)42-27-23-35(24-28-42)34-19-21-36(22-20-34)38-25-29-45-40(31-38)26-30-49-50(45)46-17-9-10-18-48(46)52-49/h1-33H/i2D,5D,6D,9D,10D,14D,15D,17D,26D,29D,30D. The number of hydrogen-bond acceptors (Lipinski definition) is 2. The third-order valence-electron chi connectivity index (χ3n) is 9.48. The predicted molar refractivity (Wildman–Crippen MR) is 220 cm³/mol. The fourth-order valence-corrected chi connectivity index (χ4v) is 7.00. The lowest BCUT2D eigenvalue weighted by Crippen LogP contribution is -2.10. The molecule has 0 saturated heterocycles. The Morgan fingerprint density at radius 1 is 0.385 bits per heavy atom. The molecular formula is C50H33NO. The van der Waals surface area contributed by atoms with Crippen LogP contribution >= 0.6 is 0 Å². The second-order valence-corrected chi connectivity index (χ2v) is 12.5. The number of para-hydroxylation sites is 2. The fourth-order valence-electron chi connectivity index (χ4n) is 7.00. The van der Waals surface area contributed by atoms with E-state index in [1.807, 2.05) is 115 Å². The highest BCUT2D eigenvalue weighted by molar-refractivity contribution is 6.19. The van der Waals surface area contributed by atoms with Crippen LogP contribution < -0.4 is 4.90 Å². The smallest absolute Gasteiger partial charge is 0.136 e. The topological polar surface area (TPSA) is 16.4 Å². The van der Waals surface area contributed by atoms with Crippen molar-refractivity contribution in [3.63, 3.8) is 0 Å². The summed E-state index contributed by atoms with van der Waals surface area (Å²) < 4.78 is 101. The van der Waals surface area contributed by atoms with E-state index in [1.54, 1.807) is 17.0 Å². The number of benzene rings is 9. The molecule has 52 heavy (non-hydrogen) atoms. The minimum absolute atomic E-state index is 0.0230. The Bertz CT molecular complexity index is 3490. The molecule has 0 aliphatic rings. The minimum atomic E-state index is -0.473. The molecule has 0 aliphatic carbocycles. The van der Waals surface area contributed by atoms with E-state index < -0.39 is 18.1 Å². The zero-order valence-corrected chi connectivity index (χ0v) is 27.6. The van der Waals surface area contributed by atoms with Gasteiger partial charge < -0.3 is 9.32 Å². The van der Waals surface area contributed by atoms with E-state index in [0.717, 1.165) is 38.6 Å². The molecule has 0 amide bonds. The number of anilines is 3. The third kappa shape index (κ3) is 5.21. The van der Waals surface area contributed by atoms with Crippen LogP contribution in [0.4, 0.5) is 17.1 Å². The molecule has 10 rings (SSSR count). The molecule has 1 heterocycles. The van der Waals surface area contributed by atoms with Crippen molar-refractivity contribution in [2.24, 2.45) is 0 Å². The van der Waals surface area contributed by atoms with E-state index in [0.29, 0.717) is 33.1 Å². The zero-order chi connectivity index (χ0) is 44.0. The summed E-state index contributed by atoms with van der Waals surface area (Å²) in [4.78, 5) is 1.72. The second kappa shape index (κ2) is 12.5. The highest BCUT2D eigenvalue weighted by atomic mass is 16.3. The highest BCUT2D eigenvalue weighted by Crippen LogP contribution is 2.41. The molecule has 10 aromatic rings. The number of furan rings is 1. The van der Waals surface area contributed by atoms with Crippen molar-refractivity contribution in [2.75, 3.05) is 4.90 Å². The minimum Gasteiger partial charge on any atom is -0.456 e. The number of hydrogen-bond donors (Lipinski definition) is 0. The Hall–Kier alpha value is -6.90. The molecule has 1 aromatic heterocycles. The van der Waals surface area contributed by atoms with Gasteiger partial charge in [-0.05, 0) is 109 Å². The van der Waals surface area contributed by atoms with Crippen LogP contribution in [-0.2, 0) is 0 Å². The molecule has 9 aromatic carbocycles. The largest absolute Gasteiger partial charge is 0.456 e. The lowest BCUT2D eigenvalue weighted by Gasteiger charge is -2.27. The van der Waals surface area contributed by atoms with Gasteiger partial charge >= 0.3 is 0 Å². The van der Waals surface area contributed by atoms with Gasteiger partial charge in [0.1, 0.15) is 11.2 Å². The monoisotopic (exact) mass is 674 g/mol. The summed E-state index contributed by atoms with van der Waals surface area (Å²) in [7, 11) is 0. The second-order valence-electron chi connectivity index (χ2n) is 12.5. The molecular weight excluding hydrogens is 631 g/mol. The van der Waals surface area contributed by atoms with Crippen molar-refractivity contribution >= 4 is 60.5 Å². The predicted octanol–water partition coefficient (Wildman–Crippen LogP) is 14.4. The summed E-state index contributed by atoms with van der Waals surface area (Å²) in [5.74, 6) is 0. The van der Waals surface area contributed by atoms with Crippen LogP contribution in [0.15, 0.2) is 204 Å². The van der Waals surface area contributed by atoms with Crippen molar-refractivity contribution in [1.82, 2.24) is 0 Å². The molecule has 0 aliphatic heterocycles. The normalized spacial score (nSPS) is 14.4. The first-order valence-electron chi connectivity index (χ1n) is 22.3. The molecule has 0 saturated carbocycles. The third-order valence-corrected chi connectivity index (χ3v) is 9.48. The first-order chi connectivity index (χ1) is 30.3. The number of rotatable bonds is 6. The van der Waals surface area contributed by atoms with Crippen molar-refractivity contribution in [2.45, 2.75) is 0 Å². The van der Waals surface area contributed by atoms with Crippen LogP contribution in [0.3, 0.4) is 0 Å². The Kier molecular flexibility index (Phi) is 4.96. The molecule has 0 N–H and O–H groups in total. The fraction of sp³-hybridized carbons (Fsp3) is 0. The number of fused-ring (bicyclic) bond motifs is 6. The summed E-state index contributed by atoms with van der Waals surface area (Å²) in [5, 5.41) is 3.17. The van der Waals surface area contributed by atoms with Crippen LogP contribution in [0.1, 0.15) is 15.1 Å². The Balaban J connectivity index is 1.06. The quantitative estimate of drug-likeness (QED) is 0.175. The lowest BCUT2D eigenvalue weighted by molar-refractivity contribution is 0.669. The summed E-state index contributed by atoms with van der Waals surface area (Å²) >= 11 is 0. The molecule has 0 fully saturated rings. The van der Waals surface area contributed by atoms with E-state index >= 15 is 0 Å². The van der Waals surface area contributed by atoms with Gasteiger partial charge in [0.05, 0.1) is 15.1 Å². The van der Waals surface area contributed by atoms with Gasteiger partial charge in [-0.25, -0.2) is 0 Å². The lowest BCUT2D eigenvalue weighted by atomic mass is 9.96. The summed E-state index contributed by atoms with van der Waals surface area (Å²) in [5.41, 5.74) is 6.46. The van der Waals surface area contributed by atoms with E-state index in [-0.39, 0.29) is 70.6 Å². The van der Waals surface area contributed by atoms with E-state index in [9.17, 15) is 0 Å². The maximum Gasteiger partial charge on any atom is 0.136 e. The van der Waals surface area contributed by atoms with E-state index in [4.69, 9.17) is 19.5 Å². The SMILES string of the molecule is [2H]c1cc2oc3c([2H])c([2H])c4cc(-c5ccc(-c6ccc(N(c7cc(-c8ccccc8)c8ccccc8c7)c7c([2H])c([2H])c([2H])c([2H])c7[2H])cc6)cc5)cc([2H])c4c3c2c([2H])c1[2H]. The van der Waals surface area contributed by atoms with Gasteiger partial charge in [0.15, 0.2) is 0 Å². The van der Waals surface area contributed by atoms with Crippen LogP contribution in [0, 0.1) is 0 Å². The van der Waals surface area contributed by atoms with Gasteiger partial charge in [-0.3, -0.25) is 0 Å².